The van der Waals surface area contributed by atoms with Gasteiger partial charge in [-0.15, -0.1) is 0 Å². The highest BCUT2D eigenvalue weighted by atomic mass is 15.0. The number of benzene rings is 8. The van der Waals surface area contributed by atoms with Gasteiger partial charge in [-0.1, -0.05) is 170 Å². The molecule has 10 rings (SSSR count). The predicted octanol–water partition coefficient (Wildman–Crippen LogP) is 13.0. The van der Waals surface area contributed by atoms with Crippen LogP contribution in [0.5, 0.6) is 0 Å². The van der Waals surface area contributed by atoms with Crippen LogP contribution in [0.1, 0.15) is 12.3 Å². The minimum absolute atomic E-state index is 0.0501. The summed E-state index contributed by atoms with van der Waals surface area (Å²) in [4.78, 5) is 15.0. The maximum absolute atomic E-state index is 9.13. The molecule has 0 fully saturated rings. The molecule has 10 aromatic rings. The van der Waals surface area contributed by atoms with Crippen molar-refractivity contribution >= 4 is 21.8 Å². The van der Waals surface area contributed by atoms with E-state index in [1.165, 1.54) is 0 Å². The summed E-state index contributed by atoms with van der Waals surface area (Å²) in [5, 5.41) is 0.667. The average Bonchev–Trinajstić information content (AvgIpc) is 3.70. The predicted molar refractivity (Wildman–Crippen MR) is 227 cm³/mol. The molecule has 0 aliphatic carbocycles. The van der Waals surface area contributed by atoms with Crippen molar-refractivity contribution in [2.75, 3.05) is 0 Å². The first-order valence-corrected chi connectivity index (χ1v) is 17.8. The fourth-order valence-corrected chi connectivity index (χ4v) is 7.04. The summed E-state index contributed by atoms with van der Waals surface area (Å²) in [7, 11) is 0. The van der Waals surface area contributed by atoms with E-state index in [4.69, 9.17) is 27.3 Å². The van der Waals surface area contributed by atoms with Gasteiger partial charge in [0, 0.05) is 38.7 Å². The normalized spacial score (nSPS) is 13.6. The molecule has 0 saturated carbocycles. The van der Waals surface area contributed by atoms with Crippen LogP contribution in [0.4, 0.5) is 0 Å². The molecule has 0 bridgehead atoms. The second-order valence-corrected chi connectivity index (χ2v) is 13.0. The first-order chi connectivity index (χ1) is 31.0. The van der Waals surface area contributed by atoms with Gasteiger partial charge in [-0.05, 0) is 64.2 Å². The number of nitrogens with zero attached hydrogens (tertiary/aromatic N) is 4. The molecule has 55 heavy (non-hydrogen) atoms. The molecule has 0 unspecified atom stereocenters. The highest BCUT2D eigenvalue weighted by Gasteiger charge is 2.18. The number of hydrogen-bond donors (Lipinski definition) is 0. The summed E-state index contributed by atoms with van der Waals surface area (Å²) in [6, 6.07) is 44.8. The molecule has 2 heterocycles. The van der Waals surface area contributed by atoms with Crippen LogP contribution >= 0.6 is 0 Å². The molecule has 0 amide bonds. The molecule has 0 aliphatic heterocycles. The van der Waals surface area contributed by atoms with Crippen molar-refractivity contribution in [2.24, 2.45) is 0 Å². The summed E-state index contributed by atoms with van der Waals surface area (Å²) >= 11 is 0. The third kappa shape index (κ3) is 6.06. The summed E-state index contributed by atoms with van der Waals surface area (Å²) in [5.41, 5.74) is 7.67. The van der Waals surface area contributed by atoms with Crippen molar-refractivity contribution in [1.82, 2.24) is 19.5 Å². The lowest BCUT2D eigenvalue weighted by atomic mass is 10.0. The molecule has 4 nitrogen and oxygen atoms in total. The van der Waals surface area contributed by atoms with E-state index >= 15 is 0 Å². The first-order valence-electron chi connectivity index (χ1n) is 22.3. The van der Waals surface area contributed by atoms with Gasteiger partial charge in [0.25, 0.3) is 0 Å². The minimum Gasteiger partial charge on any atom is -0.309 e. The van der Waals surface area contributed by atoms with Gasteiger partial charge in [-0.3, -0.25) is 0 Å². The van der Waals surface area contributed by atoms with Crippen molar-refractivity contribution in [3.8, 4) is 73.2 Å². The van der Waals surface area contributed by atoms with Gasteiger partial charge < -0.3 is 4.57 Å². The van der Waals surface area contributed by atoms with Crippen molar-refractivity contribution in [2.45, 2.75) is 0 Å². The van der Waals surface area contributed by atoms with Crippen molar-refractivity contribution < 1.29 is 12.3 Å². The van der Waals surface area contributed by atoms with Crippen LogP contribution in [0.3, 0.4) is 0 Å². The molecular weight excluding hydrogens is 669 g/mol. The van der Waals surface area contributed by atoms with E-state index in [1.807, 2.05) is 91.0 Å². The van der Waals surface area contributed by atoms with Crippen molar-refractivity contribution in [1.29, 1.82) is 0 Å². The Morgan fingerprint density at radius 3 is 1.56 bits per heavy atom. The maximum Gasteiger partial charge on any atom is 0.164 e. The topological polar surface area (TPSA) is 43.6 Å². The largest absolute Gasteiger partial charge is 0.309 e. The van der Waals surface area contributed by atoms with Crippen molar-refractivity contribution in [3.05, 3.63) is 206 Å². The SMILES string of the molecule is [2H]c1c([2H])c([2H])c(-c2cccc3c4c([2H])c([2H])c([2H])c([2H])c4n(-c4ccc(-c5nc(-c6ccc(-c7ccccc7)cc6)nc(-c6cccc(-c7ccccc7)c6)n5)cc4)c23)c([2H])c1[2H]. The van der Waals surface area contributed by atoms with Crippen LogP contribution in [0.25, 0.3) is 95.0 Å². The van der Waals surface area contributed by atoms with Crippen LogP contribution < -0.4 is 0 Å². The molecule has 8 aromatic carbocycles. The lowest BCUT2D eigenvalue weighted by Gasteiger charge is -2.13. The molecule has 0 atom stereocenters. The molecule has 4 heteroatoms. The van der Waals surface area contributed by atoms with E-state index in [-0.39, 0.29) is 34.1 Å². The van der Waals surface area contributed by atoms with Gasteiger partial charge in [0.2, 0.25) is 0 Å². The number of fused-ring (bicyclic) bond motifs is 3. The fourth-order valence-electron chi connectivity index (χ4n) is 7.04. The van der Waals surface area contributed by atoms with E-state index in [2.05, 4.69) is 30.3 Å². The van der Waals surface area contributed by atoms with Crippen LogP contribution in [-0.2, 0) is 0 Å². The molecule has 0 N–H and O–H groups in total. The number of aromatic nitrogens is 4. The molecule has 0 spiro atoms. The van der Waals surface area contributed by atoms with Crippen LogP contribution in [0.15, 0.2) is 206 Å². The zero-order chi connectivity index (χ0) is 44.4. The summed E-state index contributed by atoms with van der Waals surface area (Å²) < 4.78 is 79.8. The number of hydrogen-bond acceptors (Lipinski definition) is 3. The summed E-state index contributed by atoms with van der Waals surface area (Å²) in [6.07, 6.45) is 0. The summed E-state index contributed by atoms with van der Waals surface area (Å²) in [6.45, 7) is 0. The van der Waals surface area contributed by atoms with Gasteiger partial charge in [-0.2, -0.15) is 0 Å². The zero-order valence-corrected chi connectivity index (χ0v) is 29.2. The highest BCUT2D eigenvalue weighted by Crippen LogP contribution is 2.38. The number of para-hydroxylation sites is 2. The Morgan fingerprint density at radius 2 is 0.873 bits per heavy atom. The Kier molecular flexibility index (Phi) is 6.04. The zero-order valence-electron chi connectivity index (χ0n) is 38.2. The first kappa shape index (κ1) is 24.0. The Hall–Kier alpha value is -7.43. The van der Waals surface area contributed by atoms with Gasteiger partial charge in [0.15, 0.2) is 17.5 Å². The molecule has 0 aliphatic rings. The second kappa shape index (κ2) is 13.8. The van der Waals surface area contributed by atoms with Crippen LogP contribution in [0, 0.1) is 0 Å². The Morgan fingerprint density at radius 1 is 0.364 bits per heavy atom. The molecule has 0 radical (unpaired) electrons. The summed E-state index contributed by atoms with van der Waals surface area (Å²) in [5.74, 6) is 1.33. The second-order valence-electron chi connectivity index (χ2n) is 13.0. The Labute approximate surface area is 332 Å². The lowest BCUT2D eigenvalue weighted by molar-refractivity contribution is 1.07. The Balaban J connectivity index is 1.16. The van der Waals surface area contributed by atoms with Gasteiger partial charge >= 0.3 is 0 Å². The third-order valence-electron chi connectivity index (χ3n) is 9.69. The van der Waals surface area contributed by atoms with Crippen LogP contribution in [-0.4, -0.2) is 19.5 Å². The van der Waals surface area contributed by atoms with Gasteiger partial charge in [-0.25, -0.2) is 15.0 Å². The minimum atomic E-state index is -0.528. The monoisotopic (exact) mass is 711 g/mol. The fraction of sp³-hybridized carbons (Fsp3) is 0. The van der Waals surface area contributed by atoms with E-state index in [0.29, 0.717) is 39.6 Å². The van der Waals surface area contributed by atoms with E-state index < -0.39 is 42.3 Å². The number of rotatable bonds is 7. The van der Waals surface area contributed by atoms with E-state index in [9.17, 15) is 0 Å². The standard InChI is InChI=1S/C51H34N4/c1-4-14-35(15-5-1)37-26-28-39(29-27-37)49-52-50(54-51(53-49)42-21-12-20-41(34-42)36-16-6-2-7-17-36)40-30-32-43(33-31-40)55-47-25-11-10-22-45(47)46-24-13-23-44(48(46)55)38-18-8-3-9-19-38/h1-34H/i3D,8D,9D,10D,11D,18D,19D,22D,25D. The highest BCUT2D eigenvalue weighted by molar-refractivity contribution is 6.13. The lowest BCUT2D eigenvalue weighted by Crippen LogP contribution is -2.01. The van der Waals surface area contributed by atoms with E-state index in [1.54, 1.807) is 34.9 Å². The quantitative estimate of drug-likeness (QED) is 0.165. The molecule has 2 aromatic heterocycles. The average molecular weight is 712 g/mol. The van der Waals surface area contributed by atoms with Gasteiger partial charge in [0.1, 0.15) is 0 Å². The third-order valence-corrected chi connectivity index (χ3v) is 9.69. The van der Waals surface area contributed by atoms with Crippen LogP contribution in [0.2, 0.25) is 0 Å². The smallest absolute Gasteiger partial charge is 0.164 e. The molecule has 258 valence electrons. The Bertz CT molecular complexity index is 3440. The maximum atomic E-state index is 9.13. The van der Waals surface area contributed by atoms with E-state index in [0.717, 1.165) is 33.4 Å². The molecule has 0 saturated heterocycles. The molecular formula is C51H34N4. The van der Waals surface area contributed by atoms with Crippen molar-refractivity contribution in [3.63, 3.8) is 0 Å². The van der Waals surface area contributed by atoms with Gasteiger partial charge in [0.05, 0.1) is 23.4 Å².